The van der Waals surface area contributed by atoms with Gasteiger partial charge in [0.15, 0.2) is 0 Å². The third-order valence-corrected chi connectivity index (χ3v) is 5.08. The van der Waals surface area contributed by atoms with Crippen molar-refractivity contribution in [3.8, 4) is 0 Å². The van der Waals surface area contributed by atoms with E-state index in [0.717, 1.165) is 0 Å². The van der Waals surface area contributed by atoms with Crippen molar-refractivity contribution in [2.45, 2.75) is 32.2 Å². The minimum absolute atomic E-state index is 0.0225. The first-order valence-corrected chi connectivity index (χ1v) is 8.99. The van der Waals surface area contributed by atoms with Gasteiger partial charge in [0.25, 0.3) is 0 Å². The van der Waals surface area contributed by atoms with Gasteiger partial charge in [-0.1, -0.05) is 12.1 Å². The van der Waals surface area contributed by atoms with Crippen LogP contribution in [0.4, 0.5) is 4.39 Å². The van der Waals surface area contributed by atoms with Crippen LogP contribution in [0.1, 0.15) is 30.3 Å². The highest BCUT2D eigenvalue weighted by atomic mass is 19.1. The van der Waals surface area contributed by atoms with Crippen LogP contribution in [0, 0.1) is 18.2 Å². The summed E-state index contributed by atoms with van der Waals surface area (Å²) in [5, 5.41) is 23.6. The highest BCUT2D eigenvalue weighted by Gasteiger charge is 2.41. The normalized spacial score (nSPS) is 17.1. The number of nitrogens with zero attached hydrogens (tertiary/aromatic N) is 4. The molecule has 1 aliphatic rings. The Morgan fingerprint density at radius 3 is 2.75 bits per heavy atom. The maximum Gasteiger partial charge on any atom is 0.311 e. The molecule has 1 amide bonds. The molecular formula is C18H22FN5O4. The molecule has 1 fully saturated rings. The van der Waals surface area contributed by atoms with Gasteiger partial charge in [-0.05, 0) is 47.9 Å². The van der Waals surface area contributed by atoms with Crippen molar-refractivity contribution in [2.75, 3.05) is 19.8 Å². The smallest absolute Gasteiger partial charge is 0.311 e. The van der Waals surface area contributed by atoms with Gasteiger partial charge in [-0.25, -0.2) is 9.07 Å². The number of carbonyl (C=O) groups excluding carboxylic acids is 1. The molecule has 2 N–H and O–H groups in total. The number of carboxylic acid groups (broad SMARTS) is 1. The van der Waals surface area contributed by atoms with Crippen molar-refractivity contribution >= 4 is 11.9 Å². The number of aromatic nitrogens is 4. The number of halogens is 1. The summed E-state index contributed by atoms with van der Waals surface area (Å²) in [5.41, 5.74) is -0.457. The van der Waals surface area contributed by atoms with Crippen LogP contribution in [0.25, 0.3) is 0 Å². The number of nitrogens with one attached hydrogen (secondary N) is 1. The second kappa shape index (κ2) is 8.42. The number of aryl methyl sites for hydroxylation is 1. The predicted molar refractivity (Wildman–Crippen MR) is 94.8 cm³/mol. The first-order valence-electron chi connectivity index (χ1n) is 8.99. The van der Waals surface area contributed by atoms with Gasteiger partial charge in [0.2, 0.25) is 5.91 Å². The van der Waals surface area contributed by atoms with E-state index in [2.05, 4.69) is 20.8 Å². The van der Waals surface area contributed by atoms with E-state index in [4.69, 9.17) is 4.74 Å². The first-order chi connectivity index (χ1) is 13.4. The molecule has 10 heteroatoms. The van der Waals surface area contributed by atoms with Crippen LogP contribution in [0.2, 0.25) is 0 Å². The van der Waals surface area contributed by atoms with E-state index in [1.807, 2.05) is 0 Å². The fourth-order valence-corrected chi connectivity index (χ4v) is 3.31. The third kappa shape index (κ3) is 4.33. The summed E-state index contributed by atoms with van der Waals surface area (Å²) < 4.78 is 20.2. The largest absolute Gasteiger partial charge is 0.481 e. The molecule has 1 aromatic heterocycles. The van der Waals surface area contributed by atoms with Gasteiger partial charge >= 0.3 is 5.97 Å². The van der Waals surface area contributed by atoms with E-state index in [0.29, 0.717) is 37.4 Å². The molecule has 0 spiro atoms. The average molecular weight is 391 g/mol. The SMILES string of the molecule is Cc1nnnn1C(Cc1cccc(F)c1)C(=O)NCC1(C(=O)O)CCOCC1. The van der Waals surface area contributed by atoms with E-state index in [9.17, 15) is 19.1 Å². The molecule has 1 aliphatic heterocycles. The molecule has 1 aromatic carbocycles. The van der Waals surface area contributed by atoms with Gasteiger partial charge in [0.05, 0.1) is 5.41 Å². The van der Waals surface area contributed by atoms with Gasteiger partial charge in [0, 0.05) is 26.2 Å². The molecule has 0 saturated carbocycles. The molecule has 2 aromatic rings. The van der Waals surface area contributed by atoms with Crippen molar-refractivity contribution < 1.29 is 23.8 Å². The van der Waals surface area contributed by atoms with E-state index in [1.165, 1.54) is 16.8 Å². The molecule has 0 aliphatic carbocycles. The second-order valence-corrected chi connectivity index (χ2v) is 6.94. The Morgan fingerprint density at radius 1 is 1.39 bits per heavy atom. The number of aliphatic carboxylic acids is 1. The topological polar surface area (TPSA) is 119 Å². The molecule has 0 radical (unpaired) electrons. The van der Waals surface area contributed by atoms with E-state index in [-0.39, 0.29) is 13.0 Å². The molecule has 1 atom stereocenters. The zero-order valence-corrected chi connectivity index (χ0v) is 15.5. The number of carbonyl (C=O) groups is 2. The minimum Gasteiger partial charge on any atom is -0.481 e. The Hall–Kier alpha value is -2.88. The molecule has 2 heterocycles. The number of amides is 1. The van der Waals surface area contributed by atoms with Crippen LogP contribution >= 0.6 is 0 Å². The zero-order valence-electron chi connectivity index (χ0n) is 15.5. The second-order valence-electron chi connectivity index (χ2n) is 6.94. The highest BCUT2D eigenvalue weighted by Crippen LogP contribution is 2.30. The summed E-state index contributed by atoms with van der Waals surface area (Å²) in [6.45, 7) is 2.30. The van der Waals surface area contributed by atoms with Crippen LogP contribution in [0.5, 0.6) is 0 Å². The van der Waals surface area contributed by atoms with Gasteiger partial charge < -0.3 is 15.2 Å². The fraction of sp³-hybridized carbons (Fsp3) is 0.500. The number of hydrogen-bond donors (Lipinski definition) is 2. The van der Waals surface area contributed by atoms with Crippen LogP contribution in [-0.2, 0) is 20.7 Å². The van der Waals surface area contributed by atoms with Crippen molar-refractivity contribution in [2.24, 2.45) is 5.41 Å². The number of rotatable bonds is 7. The van der Waals surface area contributed by atoms with Crippen LogP contribution in [0.3, 0.4) is 0 Å². The number of carboxylic acids is 1. The van der Waals surface area contributed by atoms with Crippen molar-refractivity contribution in [3.05, 3.63) is 41.5 Å². The maximum absolute atomic E-state index is 13.5. The highest BCUT2D eigenvalue weighted by molar-refractivity contribution is 5.82. The number of benzene rings is 1. The monoisotopic (exact) mass is 391 g/mol. The zero-order chi connectivity index (χ0) is 20.1. The summed E-state index contributed by atoms with van der Waals surface area (Å²) in [6, 6.07) is 5.11. The van der Waals surface area contributed by atoms with Gasteiger partial charge in [-0.3, -0.25) is 9.59 Å². The Kier molecular flexibility index (Phi) is 5.98. The lowest BCUT2D eigenvalue weighted by molar-refractivity contribution is -0.154. The number of tetrazole rings is 1. The Bertz CT molecular complexity index is 850. The van der Waals surface area contributed by atoms with Crippen LogP contribution in [0.15, 0.2) is 24.3 Å². The molecule has 28 heavy (non-hydrogen) atoms. The summed E-state index contributed by atoms with van der Waals surface area (Å²) in [6.07, 6.45) is 0.806. The average Bonchev–Trinajstić information content (AvgIpc) is 3.10. The summed E-state index contributed by atoms with van der Waals surface area (Å²) in [4.78, 5) is 24.7. The number of hydrogen-bond acceptors (Lipinski definition) is 6. The lowest BCUT2D eigenvalue weighted by Crippen LogP contribution is -2.48. The lowest BCUT2D eigenvalue weighted by Gasteiger charge is -2.33. The third-order valence-electron chi connectivity index (χ3n) is 5.08. The number of ether oxygens (including phenoxy) is 1. The molecular weight excluding hydrogens is 369 g/mol. The molecule has 1 saturated heterocycles. The molecule has 0 bridgehead atoms. The summed E-state index contributed by atoms with van der Waals surface area (Å²) in [7, 11) is 0. The Balaban J connectivity index is 1.78. The van der Waals surface area contributed by atoms with E-state index in [1.54, 1.807) is 19.1 Å². The minimum atomic E-state index is -1.06. The summed E-state index contributed by atoms with van der Waals surface area (Å²) in [5.74, 6) is -1.36. The van der Waals surface area contributed by atoms with E-state index < -0.39 is 29.2 Å². The van der Waals surface area contributed by atoms with Crippen LogP contribution < -0.4 is 5.32 Å². The van der Waals surface area contributed by atoms with Crippen molar-refractivity contribution in [1.82, 2.24) is 25.5 Å². The van der Waals surface area contributed by atoms with E-state index >= 15 is 0 Å². The molecule has 1 unspecified atom stereocenters. The van der Waals surface area contributed by atoms with Gasteiger partial charge in [0.1, 0.15) is 17.7 Å². The fourth-order valence-electron chi connectivity index (χ4n) is 3.31. The van der Waals surface area contributed by atoms with Crippen molar-refractivity contribution in [3.63, 3.8) is 0 Å². The molecule has 150 valence electrons. The van der Waals surface area contributed by atoms with Gasteiger partial charge in [-0.15, -0.1) is 5.10 Å². The Morgan fingerprint density at radius 2 is 2.14 bits per heavy atom. The molecule has 3 rings (SSSR count). The predicted octanol–water partition coefficient (Wildman–Crippen LogP) is 0.902. The first kappa shape index (κ1) is 19.9. The lowest BCUT2D eigenvalue weighted by atomic mass is 9.80. The molecule has 9 nitrogen and oxygen atoms in total. The maximum atomic E-state index is 13.5. The summed E-state index contributed by atoms with van der Waals surface area (Å²) >= 11 is 0. The Labute approximate surface area is 160 Å². The van der Waals surface area contributed by atoms with Crippen molar-refractivity contribution in [1.29, 1.82) is 0 Å². The van der Waals surface area contributed by atoms with Crippen LogP contribution in [-0.4, -0.2) is 56.9 Å². The standard InChI is InChI=1S/C18H22FN5O4/c1-12-21-22-23-24(12)15(10-13-3-2-4-14(19)9-13)16(25)20-11-18(17(26)27)5-7-28-8-6-18/h2-4,9,15H,5-8,10-11H2,1H3,(H,20,25)(H,26,27). The van der Waals surface area contributed by atoms with Gasteiger partial charge in [-0.2, -0.15) is 0 Å². The quantitative estimate of drug-likeness (QED) is 0.720.